The zero-order valence-corrected chi connectivity index (χ0v) is 8.32. The number of hydrogen-bond donors (Lipinski definition) is 0. The molecule has 0 saturated heterocycles. The molecule has 0 saturated carbocycles. The van der Waals surface area contributed by atoms with E-state index < -0.39 is 39.2 Å². The van der Waals surface area contributed by atoms with Crippen LogP contribution in [-0.2, 0) is 10.2 Å². The molecule has 0 amide bonds. The molecule has 0 aliphatic carbocycles. The van der Waals surface area contributed by atoms with Gasteiger partial charge in [-0.3, -0.25) is 0 Å². The Morgan fingerprint density at radius 2 is 1.17 bits per heavy atom. The summed E-state index contributed by atoms with van der Waals surface area (Å²) < 4.78 is 140. The van der Waals surface area contributed by atoms with Crippen LogP contribution in [0.25, 0.3) is 0 Å². The van der Waals surface area contributed by atoms with Gasteiger partial charge < -0.3 is 0 Å². The van der Waals surface area contributed by atoms with Crippen molar-refractivity contribution in [3.8, 4) is 0 Å². The van der Waals surface area contributed by atoms with Crippen molar-refractivity contribution >= 4 is 10.2 Å². The van der Waals surface area contributed by atoms with Crippen LogP contribution in [0.2, 0.25) is 0 Å². The molecule has 0 aromatic heterocycles. The summed E-state index contributed by atoms with van der Waals surface area (Å²) in [7, 11) is -7.81. The minimum atomic E-state index is -7.81. The lowest BCUT2D eigenvalue weighted by Crippen LogP contribution is -2.59. The van der Waals surface area contributed by atoms with E-state index in [1.807, 2.05) is 0 Å². The Morgan fingerprint density at radius 1 is 0.833 bits per heavy atom. The third kappa shape index (κ3) is 2.27. The van der Waals surface area contributed by atoms with Crippen LogP contribution in [0, 0.1) is 0 Å². The Labute approximate surface area is 92.1 Å². The van der Waals surface area contributed by atoms with Gasteiger partial charge in [0.1, 0.15) is 0 Å². The molecule has 0 fully saturated rings. The first-order valence-electron chi connectivity index (χ1n) is 3.39. The van der Waals surface area contributed by atoms with Crippen molar-refractivity contribution in [2.24, 2.45) is 0 Å². The summed E-state index contributed by atoms with van der Waals surface area (Å²) in [6.45, 7) is 0. The monoisotopic (exact) mass is 314 g/mol. The van der Waals surface area contributed by atoms with Gasteiger partial charge in [0.15, 0.2) is 0 Å². The standard InChI is InChI=1S/C5F10O2S/c6-1(2(7)8)3(9,10)4(11,5(12,13)14)18(15,16)17. The number of halogens is 10. The maximum Gasteiger partial charge on any atom is 0.447 e. The van der Waals surface area contributed by atoms with Crippen molar-refractivity contribution in [2.45, 2.75) is 17.1 Å². The largest absolute Gasteiger partial charge is 0.447 e. The second-order valence-electron chi connectivity index (χ2n) is 2.68. The highest BCUT2D eigenvalue weighted by Gasteiger charge is 2.82. The summed E-state index contributed by atoms with van der Waals surface area (Å²) >= 11 is 0. The van der Waals surface area contributed by atoms with Crippen molar-refractivity contribution in [3.05, 3.63) is 11.9 Å². The van der Waals surface area contributed by atoms with Gasteiger partial charge in [-0.2, -0.15) is 43.5 Å². The smallest absolute Gasteiger partial charge is 0.205 e. The molecule has 0 bridgehead atoms. The van der Waals surface area contributed by atoms with Crippen LogP contribution in [0.15, 0.2) is 11.9 Å². The van der Waals surface area contributed by atoms with Gasteiger partial charge in [0.05, 0.1) is 0 Å². The third-order valence-electron chi connectivity index (χ3n) is 1.55. The third-order valence-corrected chi connectivity index (χ3v) is 2.71. The zero-order chi connectivity index (χ0) is 15.2. The molecule has 0 rings (SSSR count). The van der Waals surface area contributed by atoms with Crippen LogP contribution >= 0.6 is 0 Å². The van der Waals surface area contributed by atoms with Crippen molar-refractivity contribution in [2.75, 3.05) is 0 Å². The number of alkyl halides is 6. The van der Waals surface area contributed by atoms with Crippen LogP contribution in [0.3, 0.4) is 0 Å². The number of hydrogen-bond acceptors (Lipinski definition) is 2. The second kappa shape index (κ2) is 4.28. The Morgan fingerprint density at radius 3 is 1.33 bits per heavy atom. The summed E-state index contributed by atoms with van der Waals surface area (Å²) in [6.07, 6.45) is -11.3. The molecule has 0 aliphatic rings. The first-order chi connectivity index (χ1) is 7.60. The Balaban J connectivity index is 6.38. The van der Waals surface area contributed by atoms with E-state index in [2.05, 4.69) is 0 Å². The molecule has 18 heavy (non-hydrogen) atoms. The molecule has 108 valence electrons. The van der Waals surface area contributed by atoms with Crippen LogP contribution in [0.1, 0.15) is 0 Å². The predicted molar refractivity (Wildman–Crippen MR) is 35.2 cm³/mol. The summed E-state index contributed by atoms with van der Waals surface area (Å²) in [5.74, 6) is -11.3. The maximum absolute atomic E-state index is 12.7. The molecule has 0 aliphatic heterocycles. The van der Waals surface area contributed by atoms with E-state index >= 15 is 0 Å². The number of allylic oxidation sites excluding steroid dienone is 1. The second-order valence-corrected chi connectivity index (χ2v) is 4.12. The molecule has 0 spiro atoms. The van der Waals surface area contributed by atoms with Gasteiger partial charge in [-0.05, 0) is 0 Å². The fourth-order valence-electron chi connectivity index (χ4n) is 0.729. The highest BCUT2D eigenvalue weighted by molar-refractivity contribution is 7.87. The van der Waals surface area contributed by atoms with Crippen molar-refractivity contribution in [1.82, 2.24) is 0 Å². The van der Waals surface area contributed by atoms with E-state index in [1.165, 1.54) is 0 Å². The van der Waals surface area contributed by atoms with Crippen molar-refractivity contribution in [1.29, 1.82) is 0 Å². The lowest BCUT2D eigenvalue weighted by molar-refractivity contribution is -0.260. The van der Waals surface area contributed by atoms with Crippen LogP contribution in [-0.4, -0.2) is 25.5 Å². The SMILES string of the molecule is O=S(=O)(F)C(F)(C(F)(F)F)C(F)(F)C(F)=C(F)F. The Kier molecular flexibility index (Phi) is 4.04. The van der Waals surface area contributed by atoms with Gasteiger partial charge in [0.2, 0.25) is 5.83 Å². The molecular weight excluding hydrogens is 314 g/mol. The minimum absolute atomic E-state index is 4.13. The number of rotatable bonds is 3. The van der Waals surface area contributed by atoms with Crippen LogP contribution < -0.4 is 0 Å². The fraction of sp³-hybridized carbons (Fsp3) is 0.600. The molecule has 0 N–H and O–H groups in total. The van der Waals surface area contributed by atoms with Crippen molar-refractivity contribution in [3.63, 3.8) is 0 Å². The summed E-state index contributed by atoms with van der Waals surface area (Å²) in [5.41, 5.74) is 0. The molecule has 1 atom stereocenters. The highest BCUT2D eigenvalue weighted by Crippen LogP contribution is 2.53. The quantitative estimate of drug-likeness (QED) is 0.592. The molecule has 0 aromatic rings. The first kappa shape index (κ1) is 17.0. The van der Waals surface area contributed by atoms with Crippen LogP contribution in [0.4, 0.5) is 43.4 Å². The highest BCUT2D eigenvalue weighted by atomic mass is 32.3. The average Bonchev–Trinajstić information content (AvgIpc) is 2.11. The molecule has 1 unspecified atom stereocenters. The molecule has 0 heterocycles. The molecule has 0 aromatic carbocycles. The average molecular weight is 314 g/mol. The maximum atomic E-state index is 12.7. The molecule has 2 nitrogen and oxygen atoms in total. The van der Waals surface area contributed by atoms with Gasteiger partial charge in [0.25, 0.3) is 0 Å². The van der Waals surface area contributed by atoms with Gasteiger partial charge >= 0.3 is 33.4 Å². The van der Waals surface area contributed by atoms with Gasteiger partial charge in [0, 0.05) is 0 Å². The van der Waals surface area contributed by atoms with E-state index in [9.17, 15) is 51.8 Å². The van der Waals surface area contributed by atoms with E-state index in [4.69, 9.17) is 0 Å². The molecule has 13 heteroatoms. The topological polar surface area (TPSA) is 34.1 Å². The van der Waals surface area contributed by atoms with Gasteiger partial charge in [-0.25, -0.2) is 4.39 Å². The van der Waals surface area contributed by atoms with E-state index in [-0.39, 0.29) is 0 Å². The summed E-state index contributed by atoms with van der Waals surface area (Å²) in [5, 5.41) is -7.17. The van der Waals surface area contributed by atoms with Gasteiger partial charge in [-0.15, -0.1) is 3.89 Å². The first-order valence-corrected chi connectivity index (χ1v) is 4.78. The normalized spacial score (nSPS) is 17.2. The molecular formula is C5F10O2S. The zero-order valence-electron chi connectivity index (χ0n) is 7.50. The van der Waals surface area contributed by atoms with E-state index in [0.29, 0.717) is 0 Å². The van der Waals surface area contributed by atoms with Crippen molar-refractivity contribution < 1.29 is 51.8 Å². The predicted octanol–water partition coefficient (Wildman–Crippen LogP) is 3.23. The minimum Gasteiger partial charge on any atom is -0.205 e. The lowest BCUT2D eigenvalue weighted by atomic mass is 10.1. The van der Waals surface area contributed by atoms with Crippen LogP contribution in [0.5, 0.6) is 0 Å². The summed E-state index contributed by atoms with van der Waals surface area (Å²) in [4.78, 5) is 0. The van der Waals surface area contributed by atoms with Gasteiger partial charge in [-0.1, -0.05) is 0 Å². The fourth-order valence-corrected chi connectivity index (χ4v) is 1.40. The molecule has 0 radical (unpaired) electrons. The van der Waals surface area contributed by atoms with E-state index in [1.54, 1.807) is 0 Å². The Hall–Kier alpha value is -1.01. The Bertz CT molecular complexity index is 457. The van der Waals surface area contributed by atoms with E-state index in [0.717, 1.165) is 0 Å². The lowest BCUT2D eigenvalue weighted by Gasteiger charge is -2.29. The summed E-state index contributed by atoms with van der Waals surface area (Å²) in [6, 6.07) is 0.